The van der Waals surface area contributed by atoms with Gasteiger partial charge >= 0.3 is 0 Å². The molecule has 0 radical (unpaired) electrons. The molecule has 0 atom stereocenters. The Morgan fingerprint density at radius 3 is 2.64 bits per heavy atom. The van der Waals surface area contributed by atoms with Gasteiger partial charge in [0.05, 0.1) is 5.69 Å². The van der Waals surface area contributed by atoms with Crippen molar-refractivity contribution in [2.75, 3.05) is 11.9 Å². The van der Waals surface area contributed by atoms with Gasteiger partial charge in [0, 0.05) is 7.05 Å². The van der Waals surface area contributed by atoms with E-state index in [0.29, 0.717) is 0 Å². The van der Waals surface area contributed by atoms with Crippen molar-refractivity contribution in [2.45, 2.75) is 19.4 Å². The molecule has 3 nitrogen and oxygen atoms in total. The van der Waals surface area contributed by atoms with Crippen LogP contribution in [0.1, 0.15) is 13.8 Å². The molecule has 1 aromatic rings. The monoisotopic (exact) mass is 191 g/mol. The molecule has 3 heteroatoms. The van der Waals surface area contributed by atoms with Crippen LogP contribution in [0, 0.1) is 0 Å². The Morgan fingerprint density at radius 2 is 1.93 bits per heavy atom. The summed E-state index contributed by atoms with van der Waals surface area (Å²) in [5.74, 6) is 0.746. The number of para-hydroxylation sites is 2. The number of hydrogen-bond donors (Lipinski definition) is 0. The molecule has 1 aliphatic rings. The minimum Gasteiger partial charge on any atom is -0.476 e. The summed E-state index contributed by atoms with van der Waals surface area (Å²) >= 11 is 0. The topological polar surface area (TPSA) is 29.5 Å². The molecular formula is C11H13NO2. The van der Waals surface area contributed by atoms with Gasteiger partial charge in [-0.1, -0.05) is 12.1 Å². The van der Waals surface area contributed by atoms with Crippen molar-refractivity contribution in [1.82, 2.24) is 0 Å². The Hall–Kier alpha value is -1.51. The van der Waals surface area contributed by atoms with Crippen molar-refractivity contribution in [2.24, 2.45) is 0 Å². The fourth-order valence-electron chi connectivity index (χ4n) is 1.65. The zero-order chi connectivity index (χ0) is 10.3. The largest absolute Gasteiger partial charge is 0.476 e. The van der Waals surface area contributed by atoms with E-state index in [1.807, 2.05) is 24.3 Å². The van der Waals surface area contributed by atoms with Gasteiger partial charge in [-0.2, -0.15) is 0 Å². The number of ether oxygens (including phenoxy) is 1. The molecule has 1 heterocycles. The van der Waals surface area contributed by atoms with Crippen LogP contribution in [0.5, 0.6) is 5.75 Å². The molecule has 0 N–H and O–H groups in total. The molecule has 0 saturated heterocycles. The standard InChI is InChI=1S/C11H13NO2/c1-11(2)10(13)12(3)8-6-4-5-7-9(8)14-11/h4-7H,1-3H3. The summed E-state index contributed by atoms with van der Waals surface area (Å²) in [5, 5.41) is 0. The van der Waals surface area contributed by atoms with Crippen LogP contribution in [0.3, 0.4) is 0 Å². The highest BCUT2D eigenvalue weighted by Crippen LogP contribution is 2.36. The van der Waals surface area contributed by atoms with Crippen LogP contribution in [-0.4, -0.2) is 18.6 Å². The van der Waals surface area contributed by atoms with Crippen LogP contribution >= 0.6 is 0 Å². The highest BCUT2D eigenvalue weighted by Gasteiger charge is 2.38. The highest BCUT2D eigenvalue weighted by atomic mass is 16.5. The molecule has 1 aromatic carbocycles. The smallest absolute Gasteiger partial charge is 0.270 e. The second kappa shape index (κ2) is 2.74. The summed E-state index contributed by atoms with van der Waals surface area (Å²) in [5.41, 5.74) is 0.0696. The zero-order valence-electron chi connectivity index (χ0n) is 8.57. The molecule has 0 fully saturated rings. The fraction of sp³-hybridized carbons (Fsp3) is 0.364. The minimum absolute atomic E-state index is 0.0174. The van der Waals surface area contributed by atoms with E-state index in [0.717, 1.165) is 11.4 Å². The first-order valence-corrected chi connectivity index (χ1v) is 4.58. The van der Waals surface area contributed by atoms with Crippen LogP contribution in [0.25, 0.3) is 0 Å². The highest BCUT2D eigenvalue weighted by molar-refractivity contribution is 6.01. The van der Waals surface area contributed by atoms with E-state index < -0.39 is 5.60 Å². The van der Waals surface area contributed by atoms with E-state index in [-0.39, 0.29) is 5.91 Å². The predicted molar refractivity (Wildman–Crippen MR) is 54.6 cm³/mol. The molecular weight excluding hydrogens is 178 g/mol. The lowest BCUT2D eigenvalue weighted by Crippen LogP contribution is -2.50. The first kappa shape index (κ1) is 9.06. The van der Waals surface area contributed by atoms with Crippen molar-refractivity contribution in [3.8, 4) is 5.75 Å². The third-order valence-corrected chi connectivity index (χ3v) is 2.41. The second-order valence-corrected chi connectivity index (χ2v) is 3.94. The Bertz CT molecular complexity index is 385. The van der Waals surface area contributed by atoms with E-state index >= 15 is 0 Å². The Balaban J connectivity index is 2.53. The van der Waals surface area contributed by atoms with Crippen LogP contribution in [0.15, 0.2) is 24.3 Å². The SMILES string of the molecule is CN1C(=O)C(C)(C)Oc2ccccc21. The van der Waals surface area contributed by atoms with Crippen molar-refractivity contribution >= 4 is 11.6 Å². The number of rotatable bonds is 0. The molecule has 0 aromatic heterocycles. The summed E-state index contributed by atoms with van der Waals surface area (Å²) < 4.78 is 5.61. The van der Waals surface area contributed by atoms with Gasteiger partial charge < -0.3 is 9.64 Å². The Morgan fingerprint density at radius 1 is 1.29 bits per heavy atom. The lowest BCUT2D eigenvalue weighted by molar-refractivity contribution is -0.132. The molecule has 0 aliphatic carbocycles. The third kappa shape index (κ3) is 1.16. The van der Waals surface area contributed by atoms with Crippen molar-refractivity contribution < 1.29 is 9.53 Å². The molecule has 74 valence electrons. The number of hydrogen-bond acceptors (Lipinski definition) is 2. The van der Waals surface area contributed by atoms with Crippen LogP contribution in [0.2, 0.25) is 0 Å². The summed E-state index contributed by atoms with van der Waals surface area (Å²) in [6.07, 6.45) is 0. The normalized spacial score (nSPS) is 18.8. The number of likely N-dealkylation sites (N-methyl/N-ethyl adjacent to an activating group) is 1. The molecule has 0 saturated carbocycles. The van der Waals surface area contributed by atoms with E-state index in [9.17, 15) is 4.79 Å². The maximum atomic E-state index is 11.8. The molecule has 1 aliphatic heterocycles. The average Bonchev–Trinajstić information content (AvgIpc) is 2.14. The second-order valence-electron chi connectivity index (χ2n) is 3.94. The summed E-state index contributed by atoms with van der Waals surface area (Å²) in [6.45, 7) is 3.56. The number of anilines is 1. The number of carbonyl (C=O) groups is 1. The molecule has 2 rings (SSSR count). The number of benzene rings is 1. The van der Waals surface area contributed by atoms with Crippen molar-refractivity contribution in [3.63, 3.8) is 0 Å². The van der Waals surface area contributed by atoms with Crippen LogP contribution < -0.4 is 9.64 Å². The minimum atomic E-state index is -0.761. The number of amides is 1. The Labute approximate surface area is 83.3 Å². The van der Waals surface area contributed by atoms with Crippen molar-refractivity contribution in [1.29, 1.82) is 0 Å². The zero-order valence-corrected chi connectivity index (χ0v) is 8.57. The maximum Gasteiger partial charge on any atom is 0.270 e. The number of carbonyl (C=O) groups excluding carboxylic acids is 1. The molecule has 0 unspecified atom stereocenters. The number of fused-ring (bicyclic) bond motifs is 1. The lowest BCUT2D eigenvalue weighted by atomic mass is 10.0. The van der Waals surface area contributed by atoms with Gasteiger partial charge in [0.25, 0.3) is 5.91 Å². The molecule has 1 amide bonds. The van der Waals surface area contributed by atoms with Gasteiger partial charge in [0.1, 0.15) is 5.75 Å². The van der Waals surface area contributed by atoms with Gasteiger partial charge in [-0.15, -0.1) is 0 Å². The Kier molecular flexibility index (Phi) is 1.77. The molecule has 0 spiro atoms. The van der Waals surface area contributed by atoms with Gasteiger partial charge in [-0.25, -0.2) is 0 Å². The van der Waals surface area contributed by atoms with E-state index in [4.69, 9.17) is 4.74 Å². The van der Waals surface area contributed by atoms with Gasteiger partial charge in [0.2, 0.25) is 0 Å². The maximum absolute atomic E-state index is 11.8. The van der Waals surface area contributed by atoms with E-state index in [2.05, 4.69) is 0 Å². The summed E-state index contributed by atoms with van der Waals surface area (Å²) in [4.78, 5) is 13.4. The summed E-state index contributed by atoms with van der Waals surface area (Å²) in [7, 11) is 1.77. The number of nitrogens with zero attached hydrogens (tertiary/aromatic N) is 1. The van der Waals surface area contributed by atoms with Crippen molar-refractivity contribution in [3.05, 3.63) is 24.3 Å². The third-order valence-electron chi connectivity index (χ3n) is 2.41. The van der Waals surface area contributed by atoms with Crippen LogP contribution in [0.4, 0.5) is 5.69 Å². The van der Waals surface area contributed by atoms with E-state index in [1.54, 1.807) is 25.8 Å². The fourth-order valence-corrected chi connectivity index (χ4v) is 1.65. The predicted octanol–water partition coefficient (Wildman–Crippen LogP) is 1.82. The first-order valence-electron chi connectivity index (χ1n) is 4.58. The summed E-state index contributed by atoms with van der Waals surface area (Å²) in [6, 6.07) is 7.55. The lowest BCUT2D eigenvalue weighted by Gasteiger charge is -2.36. The van der Waals surface area contributed by atoms with Gasteiger partial charge in [0.15, 0.2) is 5.60 Å². The van der Waals surface area contributed by atoms with E-state index in [1.165, 1.54) is 0 Å². The quantitative estimate of drug-likeness (QED) is 0.626. The van der Waals surface area contributed by atoms with Crippen LogP contribution in [-0.2, 0) is 4.79 Å². The molecule has 0 bridgehead atoms. The molecule has 14 heavy (non-hydrogen) atoms. The van der Waals surface area contributed by atoms with Gasteiger partial charge in [-0.3, -0.25) is 4.79 Å². The first-order chi connectivity index (χ1) is 6.52. The average molecular weight is 191 g/mol. The van der Waals surface area contributed by atoms with Gasteiger partial charge in [-0.05, 0) is 26.0 Å².